The van der Waals surface area contributed by atoms with Crippen molar-refractivity contribution >= 4 is 6.09 Å². The molecule has 1 fully saturated rings. The fourth-order valence-corrected chi connectivity index (χ4v) is 2.36. The Labute approximate surface area is 113 Å². The van der Waals surface area contributed by atoms with Gasteiger partial charge in [0.05, 0.1) is 19.3 Å². The lowest BCUT2D eigenvalue weighted by atomic mass is 10.0. The van der Waals surface area contributed by atoms with E-state index >= 15 is 0 Å². The number of methoxy groups -OCH3 is 1. The Balaban J connectivity index is 1.84. The van der Waals surface area contributed by atoms with Gasteiger partial charge >= 0.3 is 6.09 Å². The number of ether oxygens (including phenoxy) is 1. The van der Waals surface area contributed by atoms with Crippen molar-refractivity contribution in [1.82, 2.24) is 10.2 Å². The van der Waals surface area contributed by atoms with Gasteiger partial charge in [0, 0.05) is 19.6 Å². The number of aliphatic hydroxyl groups excluding tert-OH is 1. The van der Waals surface area contributed by atoms with Crippen LogP contribution in [-0.2, 0) is 11.3 Å². The van der Waals surface area contributed by atoms with Crippen molar-refractivity contribution in [3.8, 4) is 0 Å². The quantitative estimate of drug-likeness (QED) is 0.854. The predicted octanol–water partition coefficient (Wildman–Crippen LogP) is 0.978. The van der Waals surface area contributed by atoms with E-state index in [9.17, 15) is 9.90 Å². The fourth-order valence-electron chi connectivity index (χ4n) is 2.36. The largest absolute Gasteiger partial charge is 0.453 e. The van der Waals surface area contributed by atoms with Crippen molar-refractivity contribution < 1.29 is 14.6 Å². The van der Waals surface area contributed by atoms with E-state index in [2.05, 4.69) is 27.1 Å². The Morgan fingerprint density at radius 3 is 2.84 bits per heavy atom. The molecule has 104 valence electrons. The summed E-state index contributed by atoms with van der Waals surface area (Å²) >= 11 is 0. The summed E-state index contributed by atoms with van der Waals surface area (Å²) in [6, 6.07) is 9.94. The Bertz CT molecular complexity index is 410. The van der Waals surface area contributed by atoms with E-state index in [-0.39, 0.29) is 6.04 Å². The van der Waals surface area contributed by atoms with Crippen LogP contribution in [0.3, 0.4) is 0 Å². The molecule has 2 rings (SSSR count). The van der Waals surface area contributed by atoms with Crippen molar-refractivity contribution in [3.05, 3.63) is 35.9 Å². The number of amides is 1. The van der Waals surface area contributed by atoms with E-state index in [0.717, 1.165) is 19.5 Å². The summed E-state index contributed by atoms with van der Waals surface area (Å²) in [6.45, 7) is 2.23. The minimum atomic E-state index is -0.559. The smallest absolute Gasteiger partial charge is 0.407 e. The third-order valence-electron chi connectivity index (χ3n) is 3.40. The van der Waals surface area contributed by atoms with E-state index in [0.29, 0.717) is 6.54 Å². The highest BCUT2D eigenvalue weighted by atomic mass is 16.5. The third-order valence-corrected chi connectivity index (χ3v) is 3.40. The first-order valence-corrected chi connectivity index (χ1v) is 6.48. The van der Waals surface area contributed by atoms with Gasteiger partial charge in [-0.3, -0.25) is 4.90 Å². The van der Waals surface area contributed by atoms with Crippen molar-refractivity contribution in [2.24, 2.45) is 0 Å². The Kier molecular flexibility index (Phi) is 4.76. The molecule has 1 aliphatic rings. The third kappa shape index (κ3) is 3.94. The number of nitrogens with zero attached hydrogens (tertiary/aromatic N) is 1. The molecule has 1 aromatic carbocycles. The van der Waals surface area contributed by atoms with E-state index in [1.54, 1.807) is 0 Å². The van der Waals surface area contributed by atoms with Crippen molar-refractivity contribution in [3.63, 3.8) is 0 Å². The number of benzene rings is 1. The van der Waals surface area contributed by atoms with Crippen LogP contribution < -0.4 is 5.32 Å². The number of rotatable bonds is 3. The molecule has 2 atom stereocenters. The van der Waals surface area contributed by atoms with Crippen LogP contribution in [-0.4, -0.2) is 48.4 Å². The number of alkyl carbamates (subject to hydrolysis) is 1. The second-order valence-electron chi connectivity index (χ2n) is 4.82. The van der Waals surface area contributed by atoms with E-state index < -0.39 is 12.2 Å². The highest BCUT2D eigenvalue weighted by Gasteiger charge is 2.28. The maximum atomic E-state index is 11.1. The molecule has 0 aromatic heterocycles. The zero-order valence-electron chi connectivity index (χ0n) is 11.1. The predicted molar refractivity (Wildman–Crippen MR) is 71.7 cm³/mol. The molecule has 0 bridgehead atoms. The van der Waals surface area contributed by atoms with Gasteiger partial charge in [-0.25, -0.2) is 4.79 Å². The van der Waals surface area contributed by atoms with E-state index in [4.69, 9.17) is 0 Å². The monoisotopic (exact) mass is 264 g/mol. The SMILES string of the molecule is COC(=O)NC1CCN(Cc2ccccc2)CC1O. The molecule has 2 N–H and O–H groups in total. The van der Waals surface area contributed by atoms with Crippen LogP contribution in [0.5, 0.6) is 0 Å². The van der Waals surface area contributed by atoms with Crippen LogP contribution in [0.15, 0.2) is 30.3 Å². The number of hydrogen-bond acceptors (Lipinski definition) is 4. The zero-order valence-corrected chi connectivity index (χ0v) is 11.1. The van der Waals surface area contributed by atoms with Gasteiger partial charge in [0.1, 0.15) is 0 Å². The number of carbonyl (C=O) groups excluding carboxylic acids is 1. The van der Waals surface area contributed by atoms with Crippen molar-refractivity contribution in [1.29, 1.82) is 0 Å². The Hall–Kier alpha value is -1.59. The van der Waals surface area contributed by atoms with Gasteiger partial charge in [-0.15, -0.1) is 0 Å². The molecule has 0 spiro atoms. The summed E-state index contributed by atoms with van der Waals surface area (Å²) in [5.74, 6) is 0. The lowest BCUT2D eigenvalue weighted by Gasteiger charge is -2.35. The molecule has 0 saturated carbocycles. The highest BCUT2D eigenvalue weighted by molar-refractivity contribution is 5.67. The van der Waals surface area contributed by atoms with Crippen molar-refractivity contribution in [2.75, 3.05) is 20.2 Å². The van der Waals surface area contributed by atoms with Gasteiger partial charge in [0.2, 0.25) is 0 Å². The molecule has 5 heteroatoms. The first kappa shape index (κ1) is 13.8. The molecule has 0 radical (unpaired) electrons. The minimum absolute atomic E-state index is 0.223. The van der Waals surface area contributed by atoms with Crippen molar-refractivity contribution in [2.45, 2.75) is 25.1 Å². The summed E-state index contributed by atoms with van der Waals surface area (Å²) in [6.07, 6.45) is -0.319. The highest BCUT2D eigenvalue weighted by Crippen LogP contribution is 2.14. The Morgan fingerprint density at radius 1 is 1.47 bits per heavy atom. The number of carbonyl (C=O) groups is 1. The molecule has 1 aromatic rings. The lowest BCUT2D eigenvalue weighted by molar-refractivity contribution is 0.0361. The number of β-amino-alcohol motifs (C(OH)–C–C–N with tert-alkyl or cyclic N) is 1. The molecule has 0 aliphatic carbocycles. The molecule has 1 aliphatic heterocycles. The van der Waals surface area contributed by atoms with Gasteiger partial charge in [0.15, 0.2) is 0 Å². The second-order valence-corrected chi connectivity index (χ2v) is 4.82. The molecule has 1 heterocycles. The average molecular weight is 264 g/mol. The topological polar surface area (TPSA) is 61.8 Å². The van der Waals surface area contributed by atoms with Gasteiger partial charge < -0.3 is 15.2 Å². The van der Waals surface area contributed by atoms with Crippen LogP contribution >= 0.6 is 0 Å². The number of likely N-dealkylation sites (tertiary alicyclic amines) is 1. The molecule has 2 unspecified atom stereocenters. The first-order chi connectivity index (χ1) is 9.19. The van der Waals surface area contributed by atoms with Gasteiger partial charge in [0.25, 0.3) is 0 Å². The fraction of sp³-hybridized carbons (Fsp3) is 0.500. The molecule has 5 nitrogen and oxygen atoms in total. The molecular weight excluding hydrogens is 244 g/mol. The molecule has 19 heavy (non-hydrogen) atoms. The van der Waals surface area contributed by atoms with Gasteiger partial charge in [-0.1, -0.05) is 30.3 Å². The normalized spacial score (nSPS) is 23.9. The summed E-state index contributed by atoms with van der Waals surface area (Å²) in [5, 5.41) is 12.7. The van der Waals surface area contributed by atoms with E-state index in [1.807, 2.05) is 18.2 Å². The first-order valence-electron chi connectivity index (χ1n) is 6.48. The van der Waals surface area contributed by atoms with Crippen LogP contribution in [0.2, 0.25) is 0 Å². The Morgan fingerprint density at radius 2 is 2.21 bits per heavy atom. The summed E-state index contributed by atoms with van der Waals surface area (Å²) in [4.78, 5) is 13.3. The summed E-state index contributed by atoms with van der Waals surface area (Å²) < 4.78 is 4.55. The number of hydrogen-bond donors (Lipinski definition) is 2. The standard InChI is InChI=1S/C14H20N2O3/c1-19-14(18)15-12-7-8-16(10-13(12)17)9-11-5-3-2-4-6-11/h2-6,12-13,17H,7-10H2,1H3,(H,15,18). The summed E-state index contributed by atoms with van der Waals surface area (Å²) in [7, 11) is 1.33. The molecule has 1 amide bonds. The second kappa shape index (κ2) is 6.54. The van der Waals surface area contributed by atoms with Crippen LogP contribution in [0.4, 0.5) is 4.79 Å². The molecular formula is C14H20N2O3. The van der Waals surface area contributed by atoms with Gasteiger partial charge in [-0.2, -0.15) is 0 Å². The number of nitrogens with one attached hydrogen (secondary N) is 1. The summed E-state index contributed by atoms with van der Waals surface area (Å²) in [5.41, 5.74) is 1.23. The minimum Gasteiger partial charge on any atom is -0.453 e. The van der Waals surface area contributed by atoms with Gasteiger partial charge in [-0.05, 0) is 12.0 Å². The van der Waals surface area contributed by atoms with Crippen LogP contribution in [0, 0.1) is 0 Å². The van der Waals surface area contributed by atoms with Crippen LogP contribution in [0.1, 0.15) is 12.0 Å². The average Bonchev–Trinajstić information content (AvgIpc) is 2.43. The van der Waals surface area contributed by atoms with E-state index in [1.165, 1.54) is 12.7 Å². The number of aliphatic hydroxyl groups is 1. The number of piperidine rings is 1. The lowest BCUT2D eigenvalue weighted by Crippen LogP contribution is -2.53. The van der Waals surface area contributed by atoms with Crippen LogP contribution in [0.25, 0.3) is 0 Å². The molecule has 1 saturated heterocycles. The zero-order chi connectivity index (χ0) is 13.7. The maximum absolute atomic E-state index is 11.1. The maximum Gasteiger partial charge on any atom is 0.407 e.